The van der Waals surface area contributed by atoms with Gasteiger partial charge in [-0.2, -0.15) is 13.2 Å². The van der Waals surface area contributed by atoms with Crippen LogP contribution in [0, 0.1) is 0 Å². The summed E-state index contributed by atoms with van der Waals surface area (Å²) >= 11 is 6.71. The van der Waals surface area contributed by atoms with Crippen molar-refractivity contribution in [1.82, 2.24) is 9.97 Å². The molecule has 0 fully saturated rings. The van der Waals surface area contributed by atoms with Crippen molar-refractivity contribution in [1.29, 1.82) is 0 Å². The number of hydrogen-bond donors (Lipinski definition) is 2. The van der Waals surface area contributed by atoms with Gasteiger partial charge in [0.05, 0.1) is 22.0 Å². The molecule has 122 valence electrons. The molecule has 5 nitrogen and oxygen atoms in total. The number of amides is 1. The first-order chi connectivity index (χ1) is 10.8. The van der Waals surface area contributed by atoms with Crippen molar-refractivity contribution in [3.63, 3.8) is 0 Å². The van der Waals surface area contributed by atoms with Gasteiger partial charge in [-0.25, -0.2) is 4.98 Å². The van der Waals surface area contributed by atoms with Crippen LogP contribution in [-0.2, 0) is 11.0 Å². The first-order valence-corrected chi connectivity index (χ1v) is 7.47. The van der Waals surface area contributed by atoms with Crippen LogP contribution in [0.25, 0.3) is 0 Å². The molecular formula is C13H9ClF3N3O2S. The molecule has 0 atom stereocenters. The van der Waals surface area contributed by atoms with Gasteiger partial charge < -0.3 is 10.3 Å². The van der Waals surface area contributed by atoms with Gasteiger partial charge in [0.2, 0.25) is 5.91 Å². The second-order valence-electron chi connectivity index (χ2n) is 4.27. The molecule has 10 heteroatoms. The summed E-state index contributed by atoms with van der Waals surface area (Å²) < 4.78 is 37.9. The average molecular weight is 364 g/mol. The topological polar surface area (TPSA) is 74.8 Å². The van der Waals surface area contributed by atoms with Gasteiger partial charge in [0, 0.05) is 12.3 Å². The summed E-state index contributed by atoms with van der Waals surface area (Å²) in [6.07, 6.45) is -3.25. The summed E-state index contributed by atoms with van der Waals surface area (Å²) in [5, 5.41) is 2.51. The van der Waals surface area contributed by atoms with E-state index in [0.29, 0.717) is 0 Å². The van der Waals surface area contributed by atoms with Crippen LogP contribution in [0.3, 0.4) is 0 Å². The van der Waals surface area contributed by atoms with Crippen LogP contribution >= 0.6 is 23.4 Å². The second kappa shape index (κ2) is 7.05. The number of benzene rings is 1. The number of aromatic amines is 1. The molecule has 2 aromatic rings. The first kappa shape index (κ1) is 17.4. The van der Waals surface area contributed by atoms with Crippen molar-refractivity contribution in [2.75, 3.05) is 11.1 Å². The number of rotatable bonds is 4. The van der Waals surface area contributed by atoms with Crippen molar-refractivity contribution in [3.8, 4) is 0 Å². The Hall–Kier alpha value is -2.00. The number of thioether (sulfide) groups is 1. The first-order valence-electron chi connectivity index (χ1n) is 6.10. The maximum atomic E-state index is 12.6. The van der Waals surface area contributed by atoms with Crippen molar-refractivity contribution in [3.05, 3.63) is 51.4 Å². The van der Waals surface area contributed by atoms with E-state index in [9.17, 15) is 22.8 Å². The van der Waals surface area contributed by atoms with Crippen LogP contribution < -0.4 is 10.9 Å². The number of anilines is 1. The summed E-state index contributed by atoms with van der Waals surface area (Å²) in [5.74, 6) is -0.734. The zero-order valence-electron chi connectivity index (χ0n) is 11.3. The lowest BCUT2D eigenvalue weighted by Gasteiger charge is -2.11. The third-order valence-corrected chi connectivity index (χ3v) is 3.77. The second-order valence-corrected chi connectivity index (χ2v) is 5.64. The molecule has 0 saturated heterocycles. The Kier molecular flexibility index (Phi) is 5.32. The van der Waals surface area contributed by atoms with E-state index in [1.165, 1.54) is 12.3 Å². The number of aromatic nitrogens is 2. The highest BCUT2D eigenvalue weighted by Gasteiger charge is 2.31. The number of hydrogen-bond acceptors (Lipinski definition) is 4. The summed E-state index contributed by atoms with van der Waals surface area (Å²) in [7, 11) is 0. The molecule has 1 aromatic carbocycles. The Morgan fingerprint density at radius 3 is 2.74 bits per heavy atom. The normalized spacial score (nSPS) is 11.3. The van der Waals surface area contributed by atoms with E-state index in [4.69, 9.17) is 11.6 Å². The molecule has 0 radical (unpaired) electrons. The zero-order valence-corrected chi connectivity index (χ0v) is 12.9. The van der Waals surface area contributed by atoms with Gasteiger partial charge >= 0.3 is 6.18 Å². The molecule has 1 aromatic heterocycles. The molecule has 23 heavy (non-hydrogen) atoms. The van der Waals surface area contributed by atoms with E-state index >= 15 is 0 Å². The molecule has 0 spiro atoms. The maximum absolute atomic E-state index is 12.6. The van der Waals surface area contributed by atoms with E-state index in [-0.39, 0.29) is 27.2 Å². The standard InChI is InChI=1S/C13H9ClF3N3O2S/c14-8-2-1-7(13(15,16)17)5-9(8)19-11(22)6-23-12-18-4-3-10(21)20-12/h1-5H,6H2,(H,19,22)(H,18,20,21). The molecule has 0 aliphatic rings. The molecule has 2 N–H and O–H groups in total. The number of alkyl halides is 3. The lowest BCUT2D eigenvalue weighted by Crippen LogP contribution is -2.16. The van der Waals surface area contributed by atoms with Gasteiger partial charge in [-0.1, -0.05) is 23.4 Å². The van der Waals surface area contributed by atoms with E-state index in [1.54, 1.807) is 0 Å². The highest BCUT2D eigenvalue weighted by atomic mass is 35.5. The SMILES string of the molecule is O=C(CSc1nccc(=O)[nH]1)Nc1cc(C(F)(F)F)ccc1Cl. The smallest absolute Gasteiger partial charge is 0.324 e. The third kappa shape index (κ3) is 5.00. The van der Waals surface area contributed by atoms with Gasteiger partial charge in [0.1, 0.15) is 0 Å². The molecule has 0 bridgehead atoms. The van der Waals surface area contributed by atoms with Crippen LogP contribution in [0.15, 0.2) is 40.4 Å². The minimum absolute atomic E-state index is 0.0115. The highest BCUT2D eigenvalue weighted by molar-refractivity contribution is 7.99. The van der Waals surface area contributed by atoms with Crippen molar-refractivity contribution in [2.45, 2.75) is 11.3 Å². The molecule has 0 unspecified atom stereocenters. The lowest BCUT2D eigenvalue weighted by atomic mass is 10.2. The molecule has 0 aliphatic carbocycles. The van der Waals surface area contributed by atoms with Crippen LogP contribution in [0.4, 0.5) is 18.9 Å². The highest BCUT2D eigenvalue weighted by Crippen LogP contribution is 2.33. The minimum Gasteiger partial charge on any atom is -0.324 e. The van der Waals surface area contributed by atoms with Crippen molar-refractivity contribution >= 4 is 35.0 Å². The molecule has 1 amide bonds. The molecule has 2 rings (SSSR count). The van der Waals surface area contributed by atoms with Gasteiger partial charge in [-0.3, -0.25) is 9.59 Å². The summed E-state index contributed by atoms with van der Waals surface area (Å²) in [5.41, 5.74) is -1.43. The monoisotopic (exact) mass is 363 g/mol. The Labute approximate surface area is 137 Å². The fraction of sp³-hybridized carbons (Fsp3) is 0.154. The van der Waals surface area contributed by atoms with Gasteiger partial charge in [0.15, 0.2) is 5.16 Å². The predicted molar refractivity (Wildman–Crippen MR) is 80.7 cm³/mol. The van der Waals surface area contributed by atoms with Gasteiger partial charge in [-0.15, -0.1) is 0 Å². The van der Waals surface area contributed by atoms with Crippen molar-refractivity contribution in [2.24, 2.45) is 0 Å². The van der Waals surface area contributed by atoms with Crippen LogP contribution in [0.5, 0.6) is 0 Å². The average Bonchev–Trinajstić information content (AvgIpc) is 2.46. The van der Waals surface area contributed by atoms with E-state index in [2.05, 4.69) is 15.3 Å². The summed E-state index contributed by atoms with van der Waals surface area (Å²) in [4.78, 5) is 29.1. The Morgan fingerprint density at radius 1 is 1.35 bits per heavy atom. The van der Waals surface area contributed by atoms with Crippen LogP contribution in [-0.4, -0.2) is 21.6 Å². The van der Waals surface area contributed by atoms with Gasteiger partial charge in [-0.05, 0) is 18.2 Å². The van der Waals surface area contributed by atoms with E-state index in [0.717, 1.165) is 30.0 Å². The van der Waals surface area contributed by atoms with E-state index < -0.39 is 17.6 Å². The minimum atomic E-state index is -4.54. The molecular weight excluding hydrogens is 355 g/mol. The lowest BCUT2D eigenvalue weighted by molar-refractivity contribution is -0.137. The number of halogens is 4. The van der Waals surface area contributed by atoms with Crippen LogP contribution in [0.1, 0.15) is 5.56 Å². The third-order valence-electron chi connectivity index (χ3n) is 2.56. The number of carbonyl (C=O) groups excluding carboxylic acids is 1. The number of H-pyrrole nitrogens is 1. The number of nitrogens with one attached hydrogen (secondary N) is 2. The summed E-state index contributed by atoms with van der Waals surface area (Å²) in [6.45, 7) is 0. The number of nitrogens with zero attached hydrogens (tertiary/aromatic N) is 1. The largest absolute Gasteiger partial charge is 0.416 e. The Morgan fingerprint density at radius 2 is 2.09 bits per heavy atom. The zero-order chi connectivity index (χ0) is 17.0. The Balaban J connectivity index is 2.04. The quantitative estimate of drug-likeness (QED) is 0.646. The molecule has 0 saturated carbocycles. The van der Waals surface area contributed by atoms with Crippen molar-refractivity contribution < 1.29 is 18.0 Å². The maximum Gasteiger partial charge on any atom is 0.416 e. The van der Waals surface area contributed by atoms with E-state index in [1.807, 2.05) is 0 Å². The summed E-state index contributed by atoms with van der Waals surface area (Å²) in [6, 6.07) is 3.86. The van der Waals surface area contributed by atoms with Crippen LogP contribution in [0.2, 0.25) is 5.02 Å². The fourth-order valence-electron chi connectivity index (χ4n) is 1.54. The number of carbonyl (C=O) groups is 1. The molecule has 1 heterocycles. The molecule has 0 aliphatic heterocycles. The fourth-order valence-corrected chi connectivity index (χ4v) is 2.36. The Bertz CT molecular complexity index is 780. The predicted octanol–water partition coefficient (Wildman–Crippen LogP) is 3.17. The van der Waals surface area contributed by atoms with Gasteiger partial charge in [0.25, 0.3) is 5.56 Å².